The Morgan fingerprint density at radius 3 is 1.44 bits per heavy atom. The van der Waals surface area contributed by atoms with Gasteiger partial charge in [-0.1, -0.05) is 207 Å². The summed E-state index contributed by atoms with van der Waals surface area (Å²) in [6, 6.07) is 35.3. The van der Waals surface area contributed by atoms with Gasteiger partial charge in [0.05, 0.1) is 0 Å². The van der Waals surface area contributed by atoms with E-state index < -0.39 is 0 Å². The maximum atomic E-state index is 6.69. The summed E-state index contributed by atoms with van der Waals surface area (Å²) in [5.74, 6) is 0. The number of hydrogen-bond donors (Lipinski definition) is 3. The summed E-state index contributed by atoms with van der Waals surface area (Å²) in [5, 5.41) is 0. The van der Waals surface area contributed by atoms with Crippen LogP contribution in [-0.2, 0) is 0 Å². The molecular formula is C49H51NOS. The van der Waals surface area contributed by atoms with Gasteiger partial charge in [-0.15, -0.1) is 0 Å². The highest BCUT2D eigenvalue weighted by Gasteiger charge is 1.97. The molecule has 0 spiro atoms. The van der Waals surface area contributed by atoms with Crippen LogP contribution in [0.4, 0.5) is 5.69 Å². The predicted molar refractivity (Wildman–Crippen MR) is 237 cm³/mol. The summed E-state index contributed by atoms with van der Waals surface area (Å²) >= 11 is 2.53. The van der Waals surface area contributed by atoms with Crippen molar-refractivity contribution in [1.29, 1.82) is 0 Å². The lowest BCUT2D eigenvalue weighted by atomic mass is 10.0. The molecule has 264 valence electrons. The fourth-order valence-electron chi connectivity index (χ4n) is 4.68. The molecule has 0 aromatic heterocycles. The van der Waals surface area contributed by atoms with Crippen molar-refractivity contribution in [3.63, 3.8) is 0 Å². The minimum Gasteiger partial charge on any atom is -0.399 e. The van der Waals surface area contributed by atoms with Crippen molar-refractivity contribution >= 4 is 42.9 Å². The molecule has 0 heterocycles. The summed E-state index contributed by atoms with van der Waals surface area (Å²) in [4.78, 5) is 0. The molecule has 4 rings (SSSR count). The number of nitrogen functional groups attached to an aromatic ring is 1. The Kier molecular flexibility index (Phi) is 21.2. The fraction of sp³-hybridized carbons (Fsp3) is 0.0612. The Morgan fingerprint density at radius 2 is 0.942 bits per heavy atom. The van der Waals surface area contributed by atoms with Gasteiger partial charge in [-0.05, 0) is 95.9 Å². The summed E-state index contributed by atoms with van der Waals surface area (Å²) in [6.45, 7) is 13.6. The van der Waals surface area contributed by atoms with E-state index in [1.807, 2.05) is 93.6 Å². The number of rotatable bonds is 13. The van der Waals surface area contributed by atoms with Crippen LogP contribution in [0.15, 0.2) is 212 Å². The van der Waals surface area contributed by atoms with E-state index in [0.29, 0.717) is 0 Å². The zero-order valence-corrected chi connectivity index (χ0v) is 31.4. The van der Waals surface area contributed by atoms with E-state index in [9.17, 15) is 0 Å². The Hall–Kier alpha value is -5.87. The lowest BCUT2D eigenvalue weighted by Gasteiger charge is -2.03. The lowest BCUT2D eigenvalue weighted by molar-refractivity contribution is 0.679. The normalized spacial score (nSPS) is 12.4. The smallest absolute Gasteiger partial charge is 0.0314 e. The van der Waals surface area contributed by atoms with E-state index >= 15 is 0 Å². The van der Waals surface area contributed by atoms with Gasteiger partial charge in [0.15, 0.2) is 0 Å². The first kappa shape index (κ1) is 42.3. The highest BCUT2D eigenvalue weighted by atomic mass is 32.1. The molecule has 0 radical (unpaired) electrons. The zero-order valence-electron chi connectivity index (χ0n) is 30.5. The van der Waals surface area contributed by atoms with Crippen LogP contribution in [0.5, 0.6) is 0 Å². The SMILES string of the molecule is C=C\C=C/C(/C=C/c1ccc(\C=C/C(/C=C/C(/C=C\C)=C/C)=C\C=C)cc1)=C\C.Nc1ccc(-c2ccc(/C=C/c3ccccc3)cc2)cc1.OS. The van der Waals surface area contributed by atoms with E-state index in [4.69, 9.17) is 10.3 Å². The molecule has 0 unspecified atom stereocenters. The molecule has 0 aliphatic carbocycles. The van der Waals surface area contributed by atoms with E-state index in [-0.39, 0.29) is 0 Å². The van der Waals surface area contributed by atoms with Crippen LogP contribution in [0.3, 0.4) is 0 Å². The molecule has 4 aromatic rings. The largest absolute Gasteiger partial charge is 0.399 e. The topological polar surface area (TPSA) is 46.2 Å². The summed E-state index contributed by atoms with van der Waals surface area (Å²) in [7, 11) is 0. The van der Waals surface area contributed by atoms with Gasteiger partial charge in [0.1, 0.15) is 0 Å². The number of allylic oxidation sites excluding steroid dienone is 16. The standard InChI is InChI=1S/C29H32.C20H17N.H2OS/c1-6-11-14-26(10-5)16-18-28-21-23-29(24-22-28)20-19-27(13-8-3)17-15-25(9-4)12-7-2;21-20-14-12-19(13-15-20)18-10-8-17(9-11-18)7-6-16-4-2-1-3-5-16;1-2/h6-24H,1,3H2,2,4-5H3;1-15H,21H2;1-2H/b12-7-,14-11-,17-15+,18-16+,20-19-,25-9+,26-10+,27-13-;7-6+;. The lowest BCUT2D eigenvalue weighted by Crippen LogP contribution is -1.84. The van der Waals surface area contributed by atoms with Gasteiger partial charge < -0.3 is 10.3 Å². The third-order valence-corrected chi connectivity index (χ3v) is 7.52. The van der Waals surface area contributed by atoms with E-state index in [1.54, 1.807) is 6.08 Å². The van der Waals surface area contributed by atoms with Gasteiger partial charge in [-0.3, -0.25) is 0 Å². The van der Waals surface area contributed by atoms with Crippen LogP contribution in [-0.4, -0.2) is 4.55 Å². The predicted octanol–water partition coefficient (Wildman–Crippen LogP) is 14.1. The van der Waals surface area contributed by atoms with Crippen molar-refractivity contribution < 1.29 is 4.55 Å². The van der Waals surface area contributed by atoms with E-state index in [1.165, 1.54) is 33.4 Å². The van der Waals surface area contributed by atoms with Gasteiger partial charge >= 0.3 is 0 Å². The number of nitrogens with two attached hydrogens (primary N) is 1. The van der Waals surface area contributed by atoms with Gasteiger partial charge in [-0.25, -0.2) is 0 Å². The van der Waals surface area contributed by atoms with Crippen molar-refractivity contribution in [3.8, 4) is 11.1 Å². The molecule has 0 amide bonds. The third kappa shape index (κ3) is 16.7. The molecule has 3 heteroatoms. The molecule has 2 nitrogen and oxygen atoms in total. The van der Waals surface area contributed by atoms with Crippen molar-refractivity contribution in [2.45, 2.75) is 20.8 Å². The first-order chi connectivity index (χ1) is 25.5. The minimum absolute atomic E-state index is 0.793. The molecular weight excluding hydrogens is 651 g/mol. The molecule has 0 saturated carbocycles. The second kappa shape index (κ2) is 26.0. The summed E-state index contributed by atoms with van der Waals surface area (Å²) in [6.07, 6.45) is 34.7. The van der Waals surface area contributed by atoms with Crippen molar-refractivity contribution in [1.82, 2.24) is 0 Å². The number of benzene rings is 4. The van der Waals surface area contributed by atoms with Gasteiger partial charge in [0.2, 0.25) is 0 Å². The third-order valence-electron chi connectivity index (χ3n) is 7.52. The van der Waals surface area contributed by atoms with Crippen LogP contribution >= 0.6 is 12.9 Å². The number of hydrogen-bond acceptors (Lipinski definition) is 3. The number of thiol groups is 1. The van der Waals surface area contributed by atoms with Gasteiger partial charge in [0, 0.05) is 5.69 Å². The monoisotopic (exact) mass is 701 g/mol. The van der Waals surface area contributed by atoms with Gasteiger partial charge in [0.25, 0.3) is 0 Å². The minimum atomic E-state index is 0.793. The fourth-order valence-corrected chi connectivity index (χ4v) is 4.68. The van der Waals surface area contributed by atoms with Crippen LogP contribution in [0.25, 0.3) is 35.4 Å². The molecule has 4 aromatic carbocycles. The van der Waals surface area contributed by atoms with Crippen LogP contribution in [0, 0.1) is 0 Å². The first-order valence-corrected chi connectivity index (χ1v) is 17.5. The molecule has 0 fully saturated rings. The maximum Gasteiger partial charge on any atom is 0.0314 e. The highest BCUT2D eigenvalue weighted by molar-refractivity contribution is 7.74. The van der Waals surface area contributed by atoms with Crippen molar-refractivity contribution in [2.75, 3.05) is 5.73 Å². The Bertz CT molecular complexity index is 1910. The summed E-state index contributed by atoms with van der Waals surface area (Å²) < 4.78 is 6.69. The first-order valence-electron chi connectivity index (χ1n) is 17.1. The maximum absolute atomic E-state index is 6.69. The van der Waals surface area contributed by atoms with Crippen LogP contribution < -0.4 is 5.73 Å². The second-order valence-corrected chi connectivity index (χ2v) is 11.2. The zero-order chi connectivity index (χ0) is 37.8. The molecule has 0 bridgehead atoms. The molecule has 52 heavy (non-hydrogen) atoms. The second-order valence-electron chi connectivity index (χ2n) is 11.2. The molecule has 0 aliphatic heterocycles. The molecule has 0 aliphatic rings. The average Bonchev–Trinajstić information content (AvgIpc) is 3.20. The van der Waals surface area contributed by atoms with Crippen molar-refractivity contribution in [3.05, 3.63) is 234 Å². The van der Waals surface area contributed by atoms with E-state index in [0.717, 1.165) is 22.4 Å². The Balaban J connectivity index is 0.000000357. The van der Waals surface area contributed by atoms with Gasteiger partial charge in [-0.2, -0.15) is 0 Å². The highest BCUT2D eigenvalue weighted by Crippen LogP contribution is 2.22. The van der Waals surface area contributed by atoms with Crippen LogP contribution in [0.2, 0.25) is 0 Å². The Morgan fingerprint density at radius 1 is 0.500 bits per heavy atom. The van der Waals surface area contributed by atoms with Crippen molar-refractivity contribution in [2.24, 2.45) is 0 Å². The quantitative estimate of drug-likeness (QED) is 0.0427. The van der Waals surface area contributed by atoms with E-state index in [2.05, 4.69) is 154 Å². The number of anilines is 1. The Labute approximate surface area is 318 Å². The molecule has 0 saturated heterocycles. The summed E-state index contributed by atoms with van der Waals surface area (Å²) in [5.41, 5.74) is 17.0. The molecule has 0 atom stereocenters. The molecule has 3 N–H and O–H groups in total. The van der Waals surface area contributed by atoms with Crippen LogP contribution in [0.1, 0.15) is 43.0 Å². The average molecular weight is 702 g/mol.